The molecule has 2 fully saturated rings. The largest absolute Gasteiger partial charge is 0.356 e. The lowest BCUT2D eigenvalue weighted by atomic mass is 9.96. The van der Waals surface area contributed by atoms with Crippen molar-refractivity contribution < 1.29 is 9.59 Å². The topological polar surface area (TPSA) is 61.4 Å². The molecule has 2 N–H and O–H groups in total. The van der Waals surface area contributed by atoms with E-state index in [0.717, 1.165) is 42.7 Å². The molecule has 1 aromatic carbocycles. The summed E-state index contributed by atoms with van der Waals surface area (Å²) in [5.41, 5.74) is 1.12. The van der Waals surface area contributed by atoms with Crippen LogP contribution in [0, 0.1) is 5.92 Å². The molecule has 3 rings (SSSR count). The Balaban J connectivity index is 1.36. The van der Waals surface area contributed by atoms with Crippen LogP contribution in [0.15, 0.2) is 24.3 Å². The van der Waals surface area contributed by atoms with Crippen molar-refractivity contribution in [3.05, 3.63) is 34.9 Å². The molecule has 0 unspecified atom stereocenters. The van der Waals surface area contributed by atoms with Crippen LogP contribution < -0.4 is 10.6 Å². The lowest BCUT2D eigenvalue weighted by Gasteiger charge is -2.31. The summed E-state index contributed by atoms with van der Waals surface area (Å²) in [5, 5.41) is 6.72. The van der Waals surface area contributed by atoms with Crippen molar-refractivity contribution in [2.24, 2.45) is 5.92 Å². The minimum Gasteiger partial charge on any atom is -0.356 e. The molecule has 1 aliphatic carbocycles. The van der Waals surface area contributed by atoms with Crippen LogP contribution in [0.1, 0.15) is 31.2 Å². The fraction of sp³-hybridized carbons (Fsp3) is 0.556. The van der Waals surface area contributed by atoms with E-state index in [9.17, 15) is 9.59 Å². The number of nitrogens with zero attached hydrogens (tertiary/aromatic N) is 1. The van der Waals surface area contributed by atoms with E-state index < -0.39 is 0 Å². The molecule has 6 heteroatoms. The number of rotatable bonds is 5. The highest BCUT2D eigenvalue weighted by molar-refractivity contribution is 6.30. The summed E-state index contributed by atoms with van der Waals surface area (Å²) in [6.45, 7) is 1.93. The molecule has 3 amide bonds. The molecule has 130 valence electrons. The molecule has 0 radical (unpaired) electrons. The Kier molecular flexibility index (Phi) is 5.61. The van der Waals surface area contributed by atoms with Gasteiger partial charge in [-0.15, -0.1) is 0 Å². The Labute approximate surface area is 147 Å². The molecule has 0 spiro atoms. The lowest BCUT2D eigenvalue weighted by Crippen LogP contribution is -2.47. The minimum absolute atomic E-state index is 0.00864. The molecule has 0 bridgehead atoms. The number of nitrogens with one attached hydrogen (secondary N) is 2. The average Bonchev–Trinajstić information content (AvgIpc) is 3.39. The highest BCUT2D eigenvalue weighted by Gasteiger charge is 2.30. The summed E-state index contributed by atoms with van der Waals surface area (Å²) in [5.74, 6) is 0.105. The molecule has 1 aliphatic heterocycles. The van der Waals surface area contributed by atoms with Crippen molar-refractivity contribution in [1.29, 1.82) is 0 Å². The van der Waals surface area contributed by atoms with Gasteiger partial charge in [-0.2, -0.15) is 0 Å². The summed E-state index contributed by atoms with van der Waals surface area (Å²) in [7, 11) is 0. The number of carbonyl (C=O) groups is 2. The zero-order chi connectivity index (χ0) is 16.9. The van der Waals surface area contributed by atoms with Crippen molar-refractivity contribution in [2.45, 2.75) is 38.1 Å². The summed E-state index contributed by atoms with van der Waals surface area (Å²) in [6, 6.07) is 8.10. The maximum Gasteiger partial charge on any atom is 0.317 e. The fourth-order valence-corrected chi connectivity index (χ4v) is 3.22. The highest BCUT2D eigenvalue weighted by atomic mass is 35.5. The SMILES string of the molecule is O=C(NCCc1cccc(Cl)c1)C1CCN(C(=O)NC2CC2)CC1. The lowest BCUT2D eigenvalue weighted by molar-refractivity contribution is -0.126. The van der Waals surface area contributed by atoms with Gasteiger partial charge in [-0.1, -0.05) is 23.7 Å². The molecule has 1 saturated heterocycles. The van der Waals surface area contributed by atoms with Crippen LogP contribution in [0.25, 0.3) is 0 Å². The van der Waals surface area contributed by atoms with Gasteiger partial charge < -0.3 is 15.5 Å². The van der Waals surface area contributed by atoms with Gasteiger partial charge in [0.2, 0.25) is 5.91 Å². The Bertz CT molecular complexity index is 596. The van der Waals surface area contributed by atoms with E-state index in [1.54, 1.807) is 0 Å². The Morgan fingerprint density at radius 1 is 1.17 bits per heavy atom. The second-order valence-corrected chi connectivity index (χ2v) is 7.09. The number of benzene rings is 1. The number of likely N-dealkylation sites (tertiary alicyclic amines) is 1. The molecule has 0 atom stereocenters. The van der Waals surface area contributed by atoms with E-state index in [1.165, 1.54) is 0 Å². The van der Waals surface area contributed by atoms with Gasteiger partial charge in [0.25, 0.3) is 0 Å². The summed E-state index contributed by atoms with van der Waals surface area (Å²) >= 11 is 5.96. The number of amides is 3. The first-order valence-corrected chi connectivity index (χ1v) is 9.07. The van der Waals surface area contributed by atoms with E-state index >= 15 is 0 Å². The number of hydrogen-bond donors (Lipinski definition) is 2. The first-order valence-electron chi connectivity index (χ1n) is 8.69. The normalized spacial score (nSPS) is 18.3. The number of piperidine rings is 1. The molecule has 24 heavy (non-hydrogen) atoms. The van der Waals surface area contributed by atoms with Gasteiger partial charge >= 0.3 is 6.03 Å². The van der Waals surface area contributed by atoms with E-state index in [4.69, 9.17) is 11.6 Å². The van der Waals surface area contributed by atoms with E-state index in [0.29, 0.717) is 25.7 Å². The van der Waals surface area contributed by atoms with Crippen LogP contribution in [0.2, 0.25) is 5.02 Å². The van der Waals surface area contributed by atoms with Crippen LogP contribution in [-0.2, 0) is 11.2 Å². The van der Waals surface area contributed by atoms with E-state index in [1.807, 2.05) is 29.2 Å². The van der Waals surface area contributed by atoms with Gasteiger partial charge in [0.15, 0.2) is 0 Å². The average molecular weight is 350 g/mol. The van der Waals surface area contributed by atoms with Crippen LogP contribution in [0.3, 0.4) is 0 Å². The summed E-state index contributed by atoms with van der Waals surface area (Å²) < 4.78 is 0. The zero-order valence-electron chi connectivity index (χ0n) is 13.8. The molecule has 2 aliphatic rings. The van der Waals surface area contributed by atoms with Gasteiger partial charge in [-0.05, 0) is 49.8 Å². The molecular weight excluding hydrogens is 326 g/mol. The second-order valence-electron chi connectivity index (χ2n) is 6.66. The highest BCUT2D eigenvalue weighted by Crippen LogP contribution is 2.21. The summed E-state index contributed by atoms with van der Waals surface area (Å²) in [4.78, 5) is 26.1. The van der Waals surface area contributed by atoms with Crippen molar-refractivity contribution in [3.63, 3.8) is 0 Å². The molecule has 1 aromatic rings. The van der Waals surface area contributed by atoms with Gasteiger partial charge in [0.1, 0.15) is 0 Å². The second kappa shape index (κ2) is 7.88. The van der Waals surface area contributed by atoms with Crippen LogP contribution in [0.4, 0.5) is 4.79 Å². The molecule has 1 saturated carbocycles. The molecule has 0 aromatic heterocycles. The fourth-order valence-electron chi connectivity index (χ4n) is 3.01. The number of hydrogen-bond acceptors (Lipinski definition) is 2. The van der Waals surface area contributed by atoms with E-state index in [-0.39, 0.29) is 17.9 Å². The number of carbonyl (C=O) groups excluding carboxylic acids is 2. The molecular formula is C18H24ClN3O2. The number of halogens is 1. The monoisotopic (exact) mass is 349 g/mol. The van der Waals surface area contributed by atoms with Gasteiger partial charge in [-0.25, -0.2) is 4.79 Å². The first-order chi connectivity index (χ1) is 11.6. The van der Waals surface area contributed by atoms with Crippen molar-refractivity contribution in [2.75, 3.05) is 19.6 Å². The quantitative estimate of drug-likeness (QED) is 0.858. The minimum atomic E-state index is 0.00864. The number of urea groups is 1. The standard InChI is InChI=1S/C18H24ClN3O2/c19-15-3-1-2-13(12-15)6-9-20-17(23)14-7-10-22(11-8-14)18(24)21-16-4-5-16/h1-3,12,14,16H,4-11H2,(H,20,23)(H,21,24). The van der Waals surface area contributed by atoms with Crippen molar-refractivity contribution in [3.8, 4) is 0 Å². The van der Waals surface area contributed by atoms with Crippen LogP contribution >= 0.6 is 11.6 Å². The van der Waals surface area contributed by atoms with Gasteiger partial charge in [-0.3, -0.25) is 4.79 Å². The van der Waals surface area contributed by atoms with Crippen molar-refractivity contribution >= 4 is 23.5 Å². The predicted octanol–water partition coefficient (Wildman–Crippen LogP) is 2.58. The summed E-state index contributed by atoms with van der Waals surface area (Å²) in [6.07, 6.45) is 4.44. The smallest absolute Gasteiger partial charge is 0.317 e. The maximum absolute atomic E-state index is 12.3. The Morgan fingerprint density at radius 3 is 2.58 bits per heavy atom. The van der Waals surface area contributed by atoms with Gasteiger partial charge in [0.05, 0.1) is 0 Å². The van der Waals surface area contributed by atoms with E-state index in [2.05, 4.69) is 10.6 Å². The first kappa shape index (κ1) is 17.1. The maximum atomic E-state index is 12.3. The molecule has 1 heterocycles. The zero-order valence-corrected chi connectivity index (χ0v) is 14.5. The molecule has 5 nitrogen and oxygen atoms in total. The third kappa shape index (κ3) is 4.87. The van der Waals surface area contributed by atoms with Crippen molar-refractivity contribution in [1.82, 2.24) is 15.5 Å². The predicted molar refractivity (Wildman–Crippen MR) is 94.0 cm³/mol. The van der Waals surface area contributed by atoms with Crippen LogP contribution in [0.5, 0.6) is 0 Å². The third-order valence-corrected chi connectivity index (χ3v) is 4.89. The Morgan fingerprint density at radius 2 is 1.92 bits per heavy atom. The Hall–Kier alpha value is -1.75. The van der Waals surface area contributed by atoms with Gasteiger partial charge in [0, 0.05) is 36.6 Å². The van der Waals surface area contributed by atoms with Crippen LogP contribution in [-0.4, -0.2) is 42.5 Å². The third-order valence-electron chi connectivity index (χ3n) is 4.66.